The zero-order chi connectivity index (χ0) is 8.39. The van der Waals surface area contributed by atoms with Crippen LogP contribution < -0.4 is 0 Å². The molecule has 0 aliphatic heterocycles. The van der Waals surface area contributed by atoms with Gasteiger partial charge in [-0.1, -0.05) is 5.16 Å². The molecule has 5 heteroatoms. The molecule has 1 aliphatic carbocycles. The van der Waals surface area contributed by atoms with Crippen molar-refractivity contribution in [2.45, 2.75) is 25.3 Å². The molecule has 64 valence electrons. The number of hydrogen-bond donors (Lipinski definition) is 1. The van der Waals surface area contributed by atoms with Gasteiger partial charge in [-0.25, -0.2) is 9.67 Å². The maximum absolute atomic E-state index is 8.52. The number of oxime groups is 1. The lowest BCUT2D eigenvalue weighted by Crippen LogP contribution is -2.05. The number of hydrogen-bond acceptors (Lipinski definition) is 4. The summed E-state index contributed by atoms with van der Waals surface area (Å²) in [4.78, 5) is 3.87. The van der Waals surface area contributed by atoms with Crippen molar-refractivity contribution >= 4 is 5.71 Å². The van der Waals surface area contributed by atoms with E-state index in [1.807, 2.05) is 4.68 Å². The molecule has 1 fully saturated rings. The van der Waals surface area contributed by atoms with Gasteiger partial charge in [0.05, 0.1) is 11.8 Å². The largest absolute Gasteiger partial charge is 0.411 e. The molecule has 12 heavy (non-hydrogen) atoms. The molecule has 0 bridgehead atoms. The molecular formula is C7H10N4O. The average molecular weight is 166 g/mol. The third kappa shape index (κ3) is 1.17. The Balaban J connectivity index is 2.10. The molecule has 1 N–H and O–H groups in total. The van der Waals surface area contributed by atoms with Crippen molar-refractivity contribution in [3.8, 4) is 0 Å². The molecule has 1 saturated carbocycles. The van der Waals surface area contributed by atoms with E-state index in [1.54, 1.807) is 6.33 Å². The van der Waals surface area contributed by atoms with Gasteiger partial charge in [0.2, 0.25) is 0 Å². The van der Waals surface area contributed by atoms with Crippen molar-refractivity contribution in [1.82, 2.24) is 14.8 Å². The standard InChI is InChI=1S/C7H10N4O/c12-10-6-1-2-7(3-6)11-5-8-4-9-11/h4-5,7,12H,1-3H2/b10-6-. The molecule has 0 aromatic carbocycles. The number of nitrogens with zero attached hydrogens (tertiary/aromatic N) is 4. The molecule has 0 saturated heterocycles. The van der Waals surface area contributed by atoms with Crippen LogP contribution >= 0.6 is 0 Å². The summed E-state index contributed by atoms with van der Waals surface area (Å²) >= 11 is 0. The van der Waals surface area contributed by atoms with Crippen molar-refractivity contribution in [3.05, 3.63) is 12.7 Å². The average Bonchev–Trinajstić information content (AvgIpc) is 2.75. The minimum Gasteiger partial charge on any atom is -0.411 e. The highest BCUT2D eigenvalue weighted by Gasteiger charge is 2.22. The van der Waals surface area contributed by atoms with Gasteiger partial charge in [0.15, 0.2) is 0 Å². The minimum absolute atomic E-state index is 0.332. The van der Waals surface area contributed by atoms with Crippen LogP contribution in [0.3, 0.4) is 0 Å². The Bertz CT molecular complexity index is 280. The smallest absolute Gasteiger partial charge is 0.137 e. The van der Waals surface area contributed by atoms with Crippen LogP contribution in [0, 0.1) is 0 Å². The third-order valence-corrected chi connectivity index (χ3v) is 2.19. The second-order valence-corrected chi connectivity index (χ2v) is 2.94. The lowest BCUT2D eigenvalue weighted by Gasteiger charge is -2.06. The zero-order valence-corrected chi connectivity index (χ0v) is 6.59. The first-order valence-corrected chi connectivity index (χ1v) is 3.94. The van der Waals surface area contributed by atoms with E-state index in [0.29, 0.717) is 6.04 Å². The Labute approximate surface area is 69.7 Å². The van der Waals surface area contributed by atoms with Crippen LogP contribution in [0.1, 0.15) is 25.3 Å². The first kappa shape index (κ1) is 7.27. The van der Waals surface area contributed by atoms with E-state index in [9.17, 15) is 0 Å². The summed E-state index contributed by atoms with van der Waals surface area (Å²) in [5, 5.41) is 15.8. The maximum atomic E-state index is 8.52. The predicted molar refractivity (Wildman–Crippen MR) is 42.1 cm³/mol. The summed E-state index contributed by atoms with van der Waals surface area (Å²) < 4.78 is 1.82. The summed E-state index contributed by atoms with van der Waals surface area (Å²) in [7, 11) is 0. The molecule has 1 atom stereocenters. The molecule has 1 unspecified atom stereocenters. The van der Waals surface area contributed by atoms with Gasteiger partial charge in [-0.3, -0.25) is 0 Å². The first-order chi connectivity index (χ1) is 5.90. The van der Waals surface area contributed by atoms with Crippen LogP contribution in [0.4, 0.5) is 0 Å². The number of aromatic nitrogens is 3. The number of rotatable bonds is 1. The van der Waals surface area contributed by atoms with Gasteiger partial charge in [-0.05, 0) is 12.8 Å². The lowest BCUT2D eigenvalue weighted by molar-refractivity contribution is 0.317. The van der Waals surface area contributed by atoms with Crippen LogP contribution in [0.2, 0.25) is 0 Å². The second kappa shape index (κ2) is 2.92. The van der Waals surface area contributed by atoms with Crippen LogP contribution in [-0.2, 0) is 0 Å². The van der Waals surface area contributed by atoms with E-state index in [0.717, 1.165) is 25.0 Å². The Morgan fingerprint density at radius 3 is 3.17 bits per heavy atom. The van der Waals surface area contributed by atoms with Crippen molar-refractivity contribution in [2.24, 2.45) is 5.16 Å². The van der Waals surface area contributed by atoms with E-state index >= 15 is 0 Å². The monoisotopic (exact) mass is 166 g/mol. The van der Waals surface area contributed by atoms with E-state index < -0.39 is 0 Å². The molecule has 1 heterocycles. The molecule has 1 aromatic rings. The fourth-order valence-corrected chi connectivity index (χ4v) is 1.53. The van der Waals surface area contributed by atoms with Gasteiger partial charge in [-0.2, -0.15) is 5.10 Å². The van der Waals surface area contributed by atoms with Crippen molar-refractivity contribution < 1.29 is 5.21 Å². The van der Waals surface area contributed by atoms with Crippen molar-refractivity contribution in [3.63, 3.8) is 0 Å². The fraction of sp³-hybridized carbons (Fsp3) is 0.571. The van der Waals surface area contributed by atoms with Crippen LogP contribution in [0.25, 0.3) is 0 Å². The fourth-order valence-electron chi connectivity index (χ4n) is 1.53. The first-order valence-electron chi connectivity index (χ1n) is 3.94. The van der Waals surface area contributed by atoms with Gasteiger partial charge < -0.3 is 5.21 Å². The Morgan fingerprint density at radius 1 is 1.67 bits per heavy atom. The highest BCUT2D eigenvalue weighted by atomic mass is 16.4. The summed E-state index contributed by atoms with van der Waals surface area (Å²) in [5.74, 6) is 0. The minimum atomic E-state index is 0.332. The van der Waals surface area contributed by atoms with Gasteiger partial charge in [0.25, 0.3) is 0 Å². The summed E-state index contributed by atoms with van der Waals surface area (Å²) in [6.45, 7) is 0. The van der Waals surface area contributed by atoms with E-state index in [1.165, 1.54) is 6.33 Å². The van der Waals surface area contributed by atoms with Gasteiger partial charge in [0.1, 0.15) is 12.7 Å². The lowest BCUT2D eigenvalue weighted by atomic mass is 10.3. The normalized spacial score (nSPS) is 26.7. The molecule has 5 nitrogen and oxygen atoms in total. The van der Waals surface area contributed by atoms with Crippen LogP contribution in [0.5, 0.6) is 0 Å². The molecule has 0 spiro atoms. The van der Waals surface area contributed by atoms with Crippen molar-refractivity contribution in [1.29, 1.82) is 0 Å². The van der Waals surface area contributed by atoms with Gasteiger partial charge in [0, 0.05) is 6.42 Å². The quantitative estimate of drug-likeness (QED) is 0.496. The highest BCUT2D eigenvalue weighted by Crippen LogP contribution is 2.26. The molecule has 1 aliphatic rings. The summed E-state index contributed by atoms with van der Waals surface area (Å²) in [6, 6.07) is 0.332. The third-order valence-electron chi connectivity index (χ3n) is 2.19. The Kier molecular flexibility index (Phi) is 1.77. The van der Waals surface area contributed by atoms with Crippen LogP contribution in [-0.4, -0.2) is 25.7 Å². The van der Waals surface area contributed by atoms with Gasteiger partial charge >= 0.3 is 0 Å². The van der Waals surface area contributed by atoms with E-state index in [-0.39, 0.29) is 0 Å². The predicted octanol–water partition coefficient (Wildman–Crippen LogP) is 0.833. The van der Waals surface area contributed by atoms with Gasteiger partial charge in [-0.15, -0.1) is 0 Å². The topological polar surface area (TPSA) is 63.3 Å². The van der Waals surface area contributed by atoms with Crippen LogP contribution in [0.15, 0.2) is 17.8 Å². The molecule has 0 amide bonds. The highest BCUT2D eigenvalue weighted by molar-refractivity contribution is 5.86. The molecule has 0 radical (unpaired) electrons. The summed E-state index contributed by atoms with van der Waals surface area (Å²) in [6.07, 6.45) is 5.86. The summed E-state index contributed by atoms with van der Waals surface area (Å²) in [5.41, 5.74) is 0.857. The van der Waals surface area contributed by atoms with Crippen molar-refractivity contribution in [2.75, 3.05) is 0 Å². The molecular weight excluding hydrogens is 156 g/mol. The maximum Gasteiger partial charge on any atom is 0.137 e. The van der Waals surface area contributed by atoms with E-state index in [2.05, 4.69) is 15.2 Å². The SMILES string of the molecule is O/N=C1/CCC(n2cncn2)C1. The molecule has 2 rings (SSSR count). The zero-order valence-electron chi connectivity index (χ0n) is 6.59. The Morgan fingerprint density at radius 2 is 2.58 bits per heavy atom. The molecule has 1 aromatic heterocycles. The van der Waals surface area contributed by atoms with E-state index in [4.69, 9.17) is 5.21 Å². The second-order valence-electron chi connectivity index (χ2n) is 2.94. The Hall–Kier alpha value is -1.39.